The minimum atomic E-state index is -0.487. The van der Waals surface area contributed by atoms with Gasteiger partial charge in [0.25, 0.3) is 0 Å². The molecule has 0 saturated heterocycles. The summed E-state index contributed by atoms with van der Waals surface area (Å²) in [4.78, 5) is 2.39. The van der Waals surface area contributed by atoms with Crippen LogP contribution in [0.5, 0.6) is 0 Å². The minimum absolute atomic E-state index is 0.487. The largest absolute Gasteiger partial charge is 0.310 e. The highest BCUT2D eigenvalue weighted by Crippen LogP contribution is 2.57. The molecule has 0 spiro atoms. The third-order valence-electron chi connectivity index (χ3n) is 10.3. The quantitative estimate of drug-likeness (QED) is 0.156. The molecule has 0 aromatic heterocycles. The summed E-state index contributed by atoms with van der Waals surface area (Å²) in [5.74, 6) is 0. The fourth-order valence-electron chi connectivity index (χ4n) is 7.95. The number of benzene rings is 8. The first-order valence-corrected chi connectivity index (χ1v) is 17.5. The van der Waals surface area contributed by atoms with E-state index in [1.807, 2.05) is 12.1 Å². The first-order valence-electron chi connectivity index (χ1n) is 17.5. The van der Waals surface area contributed by atoms with Gasteiger partial charge in [0.05, 0.1) is 5.41 Å². The van der Waals surface area contributed by atoms with Gasteiger partial charge in [0.1, 0.15) is 7.85 Å². The number of fused-ring (bicyclic) bond motifs is 3. The summed E-state index contributed by atoms with van der Waals surface area (Å²) in [6.07, 6.45) is 0. The number of hydrogen-bond acceptors (Lipinski definition) is 1. The van der Waals surface area contributed by atoms with E-state index in [0.29, 0.717) is 0 Å². The SMILES string of the molecule is [B]c1ccc(-c2cccc(N(c3ccc(-c4ccccc4)cc3)c3ccc4c(c3)C(c3ccccc3)(c3ccccc3)c3ccccc3-4)c2)cc1. The third kappa shape index (κ3) is 5.28. The molecule has 8 aromatic carbocycles. The van der Waals surface area contributed by atoms with Crippen LogP contribution in [-0.4, -0.2) is 7.85 Å². The van der Waals surface area contributed by atoms with E-state index in [4.69, 9.17) is 7.85 Å². The number of nitrogens with zero attached hydrogens (tertiary/aromatic N) is 1. The van der Waals surface area contributed by atoms with Crippen LogP contribution in [-0.2, 0) is 5.41 Å². The van der Waals surface area contributed by atoms with Crippen molar-refractivity contribution in [2.75, 3.05) is 4.90 Å². The highest BCUT2D eigenvalue weighted by molar-refractivity contribution is 6.32. The van der Waals surface area contributed by atoms with Crippen LogP contribution < -0.4 is 10.4 Å². The van der Waals surface area contributed by atoms with Gasteiger partial charge in [0.2, 0.25) is 0 Å². The molecule has 2 radical (unpaired) electrons. The van der Waals surface area contributed by atoms with Gasteiger partial charge in [-0.05, 0) is 92.0 Å². The zero-order valence-corrected chi connectivity index (χ0v) is 28.2. The van der Waals surface area contributed by atoms with Crippen LogP contribution in [0, 0.1) is 0 Å². The molecule has 1 aliphatic rings. The zero-order valence-electron chi connectivity index (χ0n) is 28.2. The van der Waals surface area contributed by atoms with E-state index in [1.54, 1.807) is 0 Å². The lowest BCUT2D eigenvalue weighted by molar-refractivity contribution is 0.768. The topological polar surface area (TPSA) is 3.24 Å². The molecule has 2 heteroatoms. The molecule has 1 nitrogen and oxygen atoms in total. The Morgan fingerprint density at radius 1 is 0.333 bits per heavy atom. The lowest BCUT2D eigenvalue weighted by atomic mass is 9.67. The summed E-state index contributed by atoms with van der Waals surface area (Å²) in [5.41, 5.74) is 15.8. The van der Waals surface area contributed by atoms with E-state index in [2.05, 4.69) is 199 Å². The summed E-state index contributed by atoms with van der Waals surface area (Å²) in [6, 6.07) is 74.3. The molecule has 0 saturated carbocycles. The van der Waals surface area contributed by atoms with Gasteiger partial charge >= 0.3 is 0 Å². The average Bonchev–Trinajstić information content (AvgIpc) is 3.50. The Balaban J connectivity index is 1.27. The molecule has 0 N–H and O–H groups in total. The van der Waals surface area contributed by atoms with Crippen molar-refractivity contribution in [3.05, 3.63) is 229 Å². The molecule has 0 amide bonds. The Hall–Kier alpha value is -6.38. The lowest BCUT2D eigenvalue weighted by Gasteiger charge is -2.35. The van der Waals surface area contributed by atoms with Crippen LogP contribution in [0.3, 0.4) is 0 Å². The predicted molar refractivity (Wildman–Crippen MR) is 215 cm³/mol. The molecule has 0 fully saturated rings. The Bertz CT molecular complexity index is 2410. The van der Waals surface area contributed by atoms with E-state index >= 15 is 0 Å². The Labute approximate surface area is 301 Å². The monoisotopic (exact) mass is 647 g/mol. The van der Waals surface area contributed by atoms with Crippen molar-refractivity contribution in [2.45, 2.75) is 5.41 Å². The molecule has 0 bridgehead atoms. The van der Waals surface area contributed by atoms with Gasteiger partial charge in [-0.1, -0.05) is 175 Å². The smallest absolute Gasteiger partial charge is 0.113 e. The van der Waals surface area contributed by atoms with E-state index in [1.165, 1.54) is 44.5 Å². The highest BCUT2D eigenvalue weighted by atomic mass is 15.1. The van der Waals surface area contributed by atoms with Crippen molar-refractivity contribution in [1.82, 2.24) is 0 Å². The van der Waals surface area contributed by atoms with Gasteiger partial charge in [0, 0.05) is 17.1 Å². The molecular weight excluding hydrogens is 613 g/mol. The molecule has 9 rings (SSSR count). The highest BCUT2D eigenvalue weighted by Gasteiger charge is 2.46. The average molecular weight is 648 g/mol. The molecule has 1 aliphatic carbocycles. The third-order valence-corrected chi connectivity index (χ3v) is 10.3. The Morgan fingerprint density at radius 2 is 0.824 bits per heavy atom. The second-order valence-electron chi connectivity index (χ2n) is 13.2. The van der Waals surface area contributed by atoms with Gasteiger partial charge in [-0.3, -0.25) is 0 Å². The zero-order chi connectivity index (χ0) is 34.2. The summed E-state index contributed by atoms with van der Waals surface area (Å²) in [5, 5.41) is 0. The maximum Gasteiger partial charge on any atom is 0.113 e. The van der Waals surface area contributed by atoms with Crippen molar-refractivity contribution in [3.8, 4) is 33.4 Å². The molecule has 0 aliphatic heterocycles. The predicted octanol–water partition coefficient (Wildman–Crippen LogP) is 11.6. The van der Waals surface area contributed by atoms with Crippen LogP contribution >= 0.6 is 0 Å². The Morgan fingerprint density at radius 3 is 1.51 bits per heavy atom. The molecular formula is C49H34BN. The molecule has 238 valence electrons. The molecule has 0 atom stereocenters. The van der Waals surface area contributed by atoms with Gasteiger partial charge < -0.3 is 4.90 Å². The standard InChI is InChI=1S/C49H34BN/c50-41-27-23-37(24-28-41)38-15-12-20-43(33-38)51(42-29-25-36(26-30-42)35-13-4-1-5-14-35)44-31-32-46-45-21-10-11-22-47(45)49(48(46)34-44,39-16-6-2-7-17-39)40-18-8-3-9-19-40/h1-34H. The first kappa shape index (κ1) is 30.7. The fourth-order valence-corrected chi connectivity index (χ4v) is 7.95. The summed E-state index contributed by atoms with van der Waals surface area (Å²) in [6.45, 7) is 0. The fraction of sp³-hybridized carbons (Fsp3) is 0.0204. The molecule has 51 heavy (non-hydrogen) atoms. The van der Waals surface area contributed by atoms with Gasteiger partial charge in [-0.15, -0.1) is 0 Å². The van der Waals surface area contributed by atoms with E-state index in [9.17, 15) is 0 Å². The van der Waals surface area contributed by atoms with Crippen LogP contribution in [0.1, 0.15) is 22.3 Å². The van der Waals surface area contributed by atoms with Crippen molar-refractivity contribution < 1.29 is 0 Å². The summed E-state index contributed by atoms with van der Waals surface area (Å²) < 4.78 is 0. The van der Waals surface area contributed by atoms with Crippen LogP contribution in [0.25, 0.3) is 33.4 Å². The van der Waals surface area contributed by atoms with E-state index < -0.39 is 5.41 Å². The number of rotatable bonds is 7. The van der Waals surface area contributed by atoms with Gasteiger partial charge in [-0.25, -0.2) is 0 Å². The Kier molecular flexibility index (Phi) is 7.71. The van der Waals surface area contributed by atoms with Gasteiger partial charge in [0.15, 0.2) is 0 Å². The van der Waals surface area contributed by atoms with E-state index in [-0.39, 0.29) is 0 Å². The van der Waals surface area contributed by atoms with Crippen molar-refractivity contribution in [3.63, 3.8) is 0 Å². The van der Waals surface area contributed by atoms with Crippen molar-refractivity contribution in [1.29, 1.82) is 0 Å². The van der Waals surface area contributed by atoms with Crippen molar-refractivity contribution >= 4 is 30.4 Å². The van der Waals surface area contributed by atoms with Crippen LogP contribution in [0.2, 0.25) is 0 Å². The van der Waals surface area contributed by atoms with Crippen LogP contribution in [0.4, 0.5) is 17.1 Å². The van der Waals surface area contributed by atoms with Crippen LogP contribution in [0.15, 0.2) is 206 Å². The maximum atomic E-state index is 6.06. The lowest BCUT2D eigenvalue weighted by Crippen LogP contribution is -2.28. The second-order valence-corrected chi connectivity index (χ2v) is 13.2. The normalized spacial score (nSPS) is 12.5. The maximum absolute atomic E-state index is 6.06. The molecule has 0 heterocycles. The first-order chi connectivity index (χ1) is 25.2. The summed E-state index contributed by atoms with van der Waals surface area (Å²) in [7, 11) is 6.06. The minimum Gasteiger partial charge on any atom is -0.310 e. The van der Waals surface area contributed by atoms with E-state index in [0.717, 1.165) is 33.7 Å². The molecule has 8 aromatic rings. The molecule has 0 unspecified atom stereocenters. The second kappa shape index (κ2) is 12.8. The number of hydrogen-bond donors (Lipinski definition) is 0. The van der Waals surface area contributed by atoms with Crippen molar-refractivity contribution in [2.24, 2.45) is 0 Å². The summed E-state index contributed by atoms with van der Waals surface area (Å²) >= 11 is 0. The van der Waals surface area contributed by atoms with Gasteiger partial charge in [-0.2, -0.15) is 0 Å². The number of anilines is 3.